The molecule has 0 aliphatic carbocycles. The van der Waals surface area contributed by atoms with Crippen molar-refractivity contribution in [1.29, 1.82) is 0 Å². The molecule has 0 atom stereocenters. The Balaban J connectivity index is 1.57. The average Bonchev–Trinajstić information content (AvgIpc) is 3.11. The molecule has 0 saturated heterocycles. The summed E-state index contributed by atoms with van der Waals surface area (Å²) in [6.45, 7) is 0.450. The van der Waals surface area contributed by atoms with Gasteiger partial charge in [-0.25, -0.2) is 19.3 Å². The molecule has 0 radical (unpaired) electrons. The Morgan fingerprint density at radius 3 is 2.70 bits per heavy atom. The van der Waals surface area contributed by atoms with Gasteiger partial charge in [0.25, 0.3) is 0 Å². The minimum atomic E-state index is -0.330. The highest BCUT2D eigenvalue weighted by atomic mass is 19.1. The fraction of sp³-hybridized carbons (Fsp3) is 0.0476. The van der Waals surface area contributed by atoms with Crippen LogP contribution in [-0.4, -0.2) is 24.5 Å². The van der Waals surface area contributed by atoms with Gasteiger partial charge in [0.15, 0.2) is 11.3 Å². The van der Waals surface area contributed by atoms with Gasteiger partial charge in [-0.2, -0.15) is 0 Å². The van der Waals surface area contributed by atoms with E-state index in [2.05, 4.69) is 15.0 Å². The van der Waals surface area contributed by atoms with Crippen molar-refractivity contribution in [2.24, 2.45) is 0 Å². The number of pyridine rings is 1. The van der Waals surface area contributed by atoms with E-state index in [0.29, 0.717) is 23.4 Å². The van der Waals surface area contributed by atoms with E-state index in [0.717, 1.165) is 22.2 Å². The number of hydrogen-bond acceptors (Lipinski definition) is 4. The lowest BCUT2D eigenvalue weighted by Gasteiger charge is -2.07. The Morgan fingerprint density at radius 2 is 1.81 bits per heavy atom. The van der Waals surface area contributed by atoms with Gasteiger partial charge in [-0.05, 0) is 23.8 Å². The van der Waals surface area contributed by atoms with Crippen LogP contribution in [0.1, 0.15) is 5.56 Å². The van der Waals surface area contributed by atoms with E-state index in [9.17, 15) is 4.39 Å². The van der Waals surface area contributed by atoms with Crippen molar-refractivity contribution in [3.63, 3.8) is 0 Å². The minimum Gasteiger partial charge on any atom is -0.309 e. The first kappa shape index (κ1) is 15.6. The molecule has 0 bridgehead atoms. The molecule has 0 aliphatic rings. The van der Waals surface area contributed by atoms with Crippen LogP contribution >= 0.6 is 0 Å². The molecule has 3 aromatic heterocycles. The number of halogens is 1. The van der Waals surface area contributed by atoms with Gasteiger partial charge in [0, 0.05) is 17.1 Å². The summed E-state index contributed by atoms with van der Waals surface area (Å²) in [5.74, 6) is -0.330. The molecule has 0 amide bonds. The summed E-state index contributed by atoms with van der Waals surface area (Å²) in [5, 5.41) is 0.771. The van der Waals surface area contributed by atoms with Gasteiger partial charge >= 0.3 is 0 Å². The summed E-state index contributed by atoms with van der Waals surface area (Å²) in [5.41, 5.74) is 4.20. The van der Waals surface area contributed by atoms with Crippen LogP contribution < -0.4 is 0 Å². The highest BCUT2D eigenvalue weighted by Gasteiger charge is 2.11. The molecular weight excluding hydrogens is 341 g/mol. The Morgan fingerprint density at radius 1 is 0.926 bits per heavy atom. The zero-order valence-corrected chi connectivity index (χ0v) is 14.2. The number of rotatable bonds is 3. The fourth-order valence-electron chi connectivity index (χ4n) is 3.19. The maximum atomic E-state index is 14.4. The number of imidazole rings is 1. The van der Waals surface area contributed by atoms with Crippen LogP contribution in [0, 0.1) is 5.82 Å². The lowest BCUT2D eigenvalue weighted by molar-refractivity contribution is 0.633. The summed E-state index contributed by atoms with van der Waals surface area (Å²) in [4.78, 5) is 17.5. The van der Waals surface area contributed by atoms with E-state index in [4.69, 9.17) is 4.98 Å². The number of hydrogen-bond donors (Lipinski definition) is 0. The van der Waals surface area contributed by atoms with E-state index in [-0.39, 0.29) is 5.82 Å². The van der Waals surface area contributed by atoms with Crippen LogP contribution in [0.4, 0.5) is 4.39 Å². The lowest BCUT2D eigenvalue weighted by atomic mass is 10.1. The van der Waals surface area contributed by atoms with Crippen LogP contribution in [0.15, 0.2) is 73.3 Å². The van der Waals surface area contributed by atoms with Gasteiger partial charge in [-0.3, -0.25) is 4.98 Å². The molecule has 5 aromatic rings. The zero-order chi connectivity index (χ0) is 18.2. The molecule has 2 aromatic carbocycles. The summed E-state index contributed by atoms with van der Waals surface area (Å²) in [6, 6.07) is 17.0. The smallest absolute Gasteiger partial charge is 0.197 e. The summed E-state index contributed by atoms with van der Waals surface area (Å²) < 4.78 is 16.2. The maximum Gasteiger partial charge on any atom is 0.197 e. The van der Waals surface area contributed by atoms with Crippen molar-refractivity contribution in [2.75, 3.05) is 0 Å². The number of aromatic nitrogens is 5. The predicted molar refractivity (Wildman–Crippen MR) is 102 cm³/mol. The molecule has 130 valence electrons. The molecule has 6 heteroatoms. The first-order valence-electron chi connectivity index (χ1n) is 8.54. The molecular formula is C21H14FN5. The number of fused-ring (bicyclic) bond motifs is 2. The monoisotopic (exact) mass is 355 g/mol. The van der Waals surface area contributed by atoms with Crippen molar-refractivity contribution >= 4 is 22.2 Å². The van der Waals surface area contributed by atoms with Crippen LogP contribution in [0.5, 0.6) is 0 Å². The second-order valence-electron chi connectivity index (χ2n) is 6.29. The van der Waals surface area contributed by atoms with Gasteiger partial charge in [0.2, 0.25) is 0 Å². The third-order valence-electron chi connectivity index (χ3n) is 4.47. The standard InChI is InChI=1S/C21H14FN5/c22-17-10-14(9-16-7-4-8-23-19(16)17)12-27-13-25-20-21(27)26-18(11-24-20)15-5-2-1-3-6-15/h1-11,13H,12H2. The quantitative estimate of drug-likeness (QED) is 0.486. The van der Waals surface area contributed by atoms with E-state index < -0.39 is 0 Å². The predicted octanol–water partition coefficient (Wildman–Crippen LogP) is 4.23. The SMILES string of the molecule is Fc1cc(Cn2cnc3ncc(-c4ccccc4)nc32)cc2cccnc12. The van der Waals surface area contributed by atoms with E-state index in [1.54, 1.807) is 24.8 Å². The molecule has 0 unspecified atom stereocenters. The van der Waals surface area contributed by atoms with Crippen molar-refractivity contribution in [3.05, 3.63) is 84.7 Å². The van der Waals surface area contributed by atoms with Gasteiger partial charge in [0.05, 0.1) is 24.8 Å². The van der Waals surface area contributed by atoms with Gasteiger partial charge in [0.1, 0.15) is 11.3 Å². The average molecular weight is 355 g/mol. The molecule has 5 rings (SSSR count). The third kappa shape index (κ3) is 2.81. The topological polar surface area (TPSA) is 56.5 Å². The minimum absolute atomic E-state index is 0.330. The molecule has 0 aliphatic heterocycles. The third-order valence-corrected chi connectivity index (χ3v) is 4.47. The van der Waals surface area contributed by atoms with E-state index >= 15 is 0 Å². The van der Waals surface area contributed by atoms with Crippen LogP contribution in [0.2, 0.25) is 0 Å². The molecule has 0 N–H and O–H groups in total. The van der Waals surface area contributed by atoms with Crippen molar-refractivity contribution in [3.8, 4) is 11.3 Å². The summed E-state index contributed by atoms with van der Waals surface area (Å²) in [7, 11) is 0. The Bertz CT molecular complexity index is 1260. The molecule has 0 fully saturated rings. The molecule has 0 saturated carbocycles. The molecule has 27 heavy (non-hydrogen) atoms. The maximum absolute atomic E-state index is 14.4. The van der Waals surface area contributed by atoms with Crippen molar-refractivity contribution in [1.82, 2.24) is 24.5 Å². The van der Waals surface area contributed by atoms with Gasteiger partial charge in [-0.1, -0.05) is 36.4 Å². The van der Waals surface area contributed by atoms with Crippen LogP contribution in [0.3, 0.4) is 0 Å². The highest BCUT2D eigenvalue weighted by Crippen LogP contribution is 2.21. The normalized spacial score (nSPS) is 11.3. The largest absolute Gasteiger partial charge is 0.309 e. The molecule has 5 nitrogen and oxygen atoms in total. The summed E-state index contributed by atoms with van der Waals surface area (Å²) in [6.07, 6.45) is 5.00. The van der Waals surface area contributed by atoms with Crippen molar-refractivity contribution in [2.45, 2.75) is 6.54 Å². The lowest BCUT2D eigenvalue weighted by Crippen LogP contribution is -2.01. The second kappa shape index (κ2) is 6.25. The molecule has 3 heterocycles. The zero-order valence-electron chi connectivity index (χ0n) is 14.2. The van der Waals surface area contributed by atoms with Gasteiger partial charge in [-0.15, -0.1) is 0 Å². The fourth-order valence-corrected chi connectivity index (χ4v) is 3.19. The van der Waals surface area contributed by atoms with Crippen LogP contribution in [-0.2, 0) is 6.54 Å². The Hall–Kier alpha value is -3.67. The van der Waals surface area contributed by atoms with Gasteiger partial charge < -0.3 is 4.57 Å². The first-order chi connectivity index (χ1) is 13.3. The number of nitrogens with zero attached hydrogens (tertiary/aromatic N) is 5. The summed E-state index contributed by atoms with van der Waals surface area (Å²) >= 11 is 0. The molecule has 0 spiro atoms. The van der Waals surface area contributed by atoms with Crippen molar-refractivity contribution < 1.29 is 4.39 Å². The highest BCUT2D eigenvalue weighted by molar-refractivity contribution is 5.79. The second-order valence-corrected chi connectivity index (χ2v) is 6.29. The van der Waals surface area contributed by atoms with E-state index in [1.165, 1.54) is 6.07 Å². The number of benzene rings is 2. The van der Waals surface area contributed by atoms with Crippen LogP contribution in [0.25, 0.3) is 33.5 Å². The van der Waals surface area contributed by atoms with E-state index in [1.807, 2.05) is 47.0 Å². The Kier molecular flexibility index (Phi) is 3.60. The Labute approximate surface area is 154 Å². The first-order valence-corrected chi connectivity index (χ1v) is 8.54.